The highest BCUT2D eigenvalue weighted by Gasteiger charge is 2.29. The molecule has 4 rings (SSSR count). The van der Waals surface area contributed by atoms with Crippen molar-refractivity contribution in [3.63, 3.8) is 0 Å². The van der Waals surface area contributed by atoms with E-state index in [9.17, 15) is 4.79 Å². The fourth-order valence-electron chi connectivity index (χ4n) is 3.95. The standard InChI is InChI=1S/C23H33N5O2/c1-23(2,3)30-22(29)28-13-7-8-16(15-28)14-27(4)21-20(24-17-11-12-17)25-18-9-5-6-10-19(18)26-21/h5-6,9-10,16-17H,7-8,11-15H2,1-4H3,(H,24,25)/t16-/m1/s1. The van der Waals surface area contributed by atoms with Gasteiger partial charge in [-0.2, -0.15) is 0 Å². The fraction of sp³-hybridized carbons (Fsp3) is 0.609. The average Bonchev–Trinajstić information content (AvgIpc) is 3.50. The van der Waals surface area contributed by atoms with E-state index in [1.54, 1.807) is 0 Å². The van der Waals surface area contributed by atoms with Gasteiger partial charge in [0.25, 0.3) is 0 Å². The molecule has 162 valence electrons. The first-order chi connectivity index (χ1) is 14.3. The van der Waals surface area contributed by atoms with Crippen molar-refractivity contribution >= 4 is 28.8 Å². The highest BCUT2D eigenvalue weighted by molar-refractivity contribution is 5.80. The lowest BCUT2D eigenvalue weighted by atomic mass is 9.98. The summed E-state index contributed by atoms with van der Waals surface area (Å²) in [4.78, 5) is 26.3. The summed E-state index contributed by atoms with van der Waals surface area (Å²) < 4.78 is 5.57. The minimum Gasteiger partial charge on any atom is -0.444 e. The quantitative estimate of drug-likeness (QED) is 0.792. The number of nitrogens with zero attached hydrogens (tertiary/aromatic N) is 4. The van der Waals surface area contributed by atoms with Crippen molar-refractivity contribution in [3.8, 4) is 0 Å². The normalized spacial score (nSPS) is 19.6. The Balaban J connectivity index is 1.48. The van der Waals surface area contributed by atoms with E-state index < -0.39 is 5.60 Å². The molecule has 1 atom stereocenters. The summed E-state index contributed by atoms with van der Waals surface area (Å²) in [6.45, 7) is 8.03. The maximum absolute atomic E-state index is 12.5. The Morgan fingerprint density at radius 1 is 1.20 bits per heavy atom. The molecule has 1 aromatic carbocycles. The third kappa shape index (κ3) is 5.12. The van der Waals surface area contributed by atoms with Crippen molar-refractivity contribution in [2.45, 2.75) is 58.1 Å². The van der Waals surface area contributed by atoms with Gasteiger partial charge in [-0.15, -0.1) is 0 Å². The van der Waals surface area contributed by atoms with Gasteiger partial charge in [0, 0.05) is 32.7 Å². The van der Waals surface area contributed by atoms with Crippen molar-refractivity contribution in [1.82, 2.24) is 14.9 Å². The van der Waals surface area contributed by atoms with Gasteiger partial charge in [-0.05, 0) is 64.5 Å². The number of hydrogen-bond donors (Lipinski definition) is 1. The van der Waals surface area contributed by atoms with Gasteiger partial charge in [-0.3, -0.25) is 0 Å². The molecule has 0 radical (unpaired) electrons. The Bertz CT molecular complexity index is 906. The lowest BCUT2D eigenvalue weighted by molar-refractivity contribution is 0.0170. The molecule has 2 heterocycles. The van der Waals surface area contributed by atoms with Gasteiger partial charge in [0.05, 0.1) is 11.0 Å². The van der Waals surface area contributed by atoms with Crippen LogP contribution >= 0.6 is 0 Å². The number of hydrogen-bond acceptors (Lipinski definition) is 6. The third-order valence-electron chi connectivity index (χ3n) is 5.53. The molecule has 7 nitrogen and oxygen atoms in total. The second-order valence-electron chi connectivity index (χ2n) is 9.62. The number of likely N-dealkylation sites (tertiary alicyclic amines) is 1. The van der Waals surface area contributed by atoms with Crippen molar-refractivity contribution in [2.75, 3.05) is 36.9 Å². The Hall–Kier alpha value is -2.57. The predicted molar refractivity (Wildman–Crippen MR) is 120 cm³/mol. The monoisotopic (exact) mass is 411 g/mol. The van der Waals surface area contributed by atoms with Crippen LogP contribution in [0.1, 0.15) is 46.5 Å². The number of carbonyl (C=O) groups excluding carboxylic acids is 1. The summed E-state index contributed by atoms with van der Waals surface area (Å²) in [7, 11) is 2.07. The number of amides is 1. The Labute approximate surface area is 178 Å². The van der Waals surface area contributed by atoms with E-state index in [1.807, 2.05) is 49.9 Å². The number of rotatable bonds is 5. The number of carbonyl (C=O) groups is 1. The van der Waals surface area contributed by atoms with E-state index in [4.69, 9.17) is 14.7 Å². The van der Waals surface area contributed by atoms with E-state index in [0.29, 0.717) is 18.5 Å². The average molecular weight is 412 g/mol. The largest absolute Gasteiger partial charge is 0.444 e. The predicted octanol–water partition coefficient (Wildman–Crippen LogP) is 4.29. The van der Waals surface area contributed by atoms with Crippen LogP contribution in [0.2, 0.25) is 0 Å². The lowest BCUT2D eigenvalue weighted by Crippen LogP contribution is -2.45. The van der Waals surface area contributed by atoms with Crippen molar-refractivity contribution < 1.29 is 9.53 Å². The topological polar surface area (TPSA) is 70.6 Å². The number of benzene rings is 1. The maximum atomic E-state index is 12.5. The molecule has 1 aromatic heterocycles. The second-order valence-corrected chi connectivity index (χ2v) is 9.62. The first kappa shape index (κ1) is 20.7. The van der Waals surface area contributed by atoms with Crippen LogP contribution in [-0.2, 0) is 4.74 Å². The van der Waals surface area contributed by atoms with Crippen LogP contribution in [0.15, 0.2) is 24.3 Å². The lowest BCUT2D eigenvalue weighted by Gasteiger charge is -2.36. The zero-order chi connectivity index (χ0) is 21.3. The van der Waals surface area contributed by atoms with Crippen LogP contribution < -0.4 is 10.2 Å². The molecule has 2 aromatic rings. The molecule has 7 heteroatoms. The highest BCUT2D eigenvalue weighted by Crippen LogP contribution is 2.31. The number of para-hydroxylation sites is 2. The van der Waals surface area contributed by atoms with Crippen molar-refractivity contribution in [1.29, 1.82) is 0 Å². The van der Waals surface area contributed by atoms with Gasteiger partial charge < -0.3 is 19.9 Å². The van der Waals surface area contributed by atoms with Gasteiger partial charge in [-0.25, -0.2) is 14.8 Å². The minimum absolute atomic E-state index is 0.212. The summed E-state index contributed by atoms with van der Waals surface area (Å²) in [6, 6.07) is 8.50. The minimum atomic E-state index is -0.467. The van der Waals surface area contributed by atoms with Crippen molar-refractivity contribution in [2.24, 2.45) is 5.92 Å². The summed E-state index contributed by atoms with van der Waals surface area (Å²) in [6.07, 6.45) is 4.25. The van der Waals surface area contributed by atoms with Gasteiger partial charge in [0.15, 0.2) is 11.6 Å². The van der Waals surface area contributed by atoms with Gasteiger partial charge >= 0.3 is 6.09 Å². The summed E-state index contributed by atoms with van der Waals surface area (Å²) >= 11 is 0. The molecular weight excluding hydrogens is 378 g/mol. The smallest absolute Gasteiger partial charge is 0.410 e. The van der Waals surface area contributed by atoms with Crippen LogP contribution in [0.4, 0.5) is 16.4 Å². The molecule has 0 unspecified atom stereocenters. The number of aromatic nitrogens is 2. The van der Waals surface area contributed by atoms with Gasteiger partial charge in [0.1, 0.15) is 5.60 Å². The molecule has 1 aliphatic heterocycles. The van der Waals surface area contributed by atoms with Crippen LogP contribution in [0, 0.1) is 5.92 Å². The highest BCUT2D eigenvalue weighted by atomic mass is 16.6. The summed E-state index contributed by atoms with van der Waals surface area (Å²) in [5, 5.41) is 3.55. The zero-order valence-electron chi connectivity index (χ0n) is 18.5. The third-order valence-corrected chi connectivity index (χ3v) is 5.53. The Morgan fingerprint density at radius 2 is 1.90 bits per heavy atom. The Morgan fingerprint density at radius 3 is 2.57 bits per heavy atom. The van der Waals surface area contributed by atoms with Crippen LogP contribution in [0.5, 0.6) is 0 Å². The molecular formula is C23H33N5O2. The van der Waals surface area contributed by atoms with E-state index in [-0.39, 0.29) is 6.09 Å². The molecule has 1 saturated carbocycles. The van der Waals surface area contributed by atoms with Crippen LogP contribution in [0.25, 0.3) is 11.0 Å². The summed E-state index contributed by atoms with van der Waals surface area (Å²) in [5.41, 5.74) is 1.34. The molecule has 1 N–H and O–H groups in total. The maximum Gasteiger partial charge on any atom is 0.410 e. The molecule has 2 aliphatic rings. The molecule has 0 spiro atoms. The van der Waals surface area contributed by atoms with E-state index in [2.05, 4.69) is 17.3 Å². The first-order valence-electron chi connectivity index (χ1n) is 11.0. The number of fused-ring (bicyclic) bond motifs is 1. The first-order valence-corrected chi connectivity index (χ1v) is 11.0. The van der Waals surface area contributed by atoms with E-state index >= 15 is 0 Å². The molecule has 30 heavy (non-hydrogen) atoms. The molecule has 0 bridgehead atoms. The van der Waals surface area contributed by atoms with E-state index in [0.717, 1.165) is 48.6 Å². The van der Waals surface area contributed by atoms with Crippen LogP contribution in [-0.4, -0.2) is 59.3 Å². The van der Waals surface area contributed by atoms with Gasteiger partial charge in [-0.1, -0.05) is 12.1 Å². The van der Waals surface area contributed by atoms with Crippen molar-refractivity contribution in [3.05, 3.63) is 24.3 Å². The molecule has 1 amide bonds. The number of ether oxygens (including phenoxy) is 1. The number of piperidine rings is 1. The second kappa shape index (κ2) is 8.28. The van der Waals surface area contributed by atoms with Crippen LogP contribution in [0.3, 0.4) is 0 Å². The van der Waals surface area contributed by atoms with E-state index in [1.165, 1.54) is 12.8 Å². The zero-order valence-corrected chi connectivity index (χ0v) is 18.5. The SMILES string of the molecule is CN(C[C@H]1CCCN(C(=O)OC(C)(C)C)C1)c1nc2ccccc2nc1NC1CC1. The molecule has 2 fully saturated rings. The number of anilines is 2. The Kier molecular flexibility index (Phi) is 5.71. The fourth-order valence-corrected chi connectivity index (χ4v) is 3.95. The van der Waals surface area contributed by atoms with Gasteiger partial charge in [0.2, 0.25) is 0 Å². The summed E-state index contributed by atoms with van der Waals surface area (Å²) in [5.74, 6) is 2.12. The molecule has 1 saturated heterocycles. The number of nitrogens with one attached hydrogen (secondary N) is 1. The molecule has 1 aliphatic carbocycles.